The number of phenolic OH excluding ortho intramolecular Hbond substituents is 1. The largest absolute Gasteiger partial charge is 0.508 e. The standard InChI is InChI=1S/C16H14N4O2/c1-3-15(22)18-11-8-14-10(2)19-20(16(14)17-9-11)12-4-6-13(21)7-5-12/h3-9,21H,1H2,2H3,(H,18,22). The highest BCUT2D eigenvalue weighted by Gasteiger charge is 2.11. The first kappa shape index (κ1) is 13.8. The van der Waals surface area contributed by atoms with Gasteiger partial charge >= 0.3 is 0 Å². The molecule has 0 aliphatic carbocycles. The lowest BCUT2D eigenvalue weighted by atomic mass is 10.2. The summed E-state index contributed by atoms with van der Waals surface area (Å²) in [6.07, 6.45) is 2.78. The number of hydrogen-bond donors (Lipinski definition) is 2. The molecule has 0 spiro atoms. The summed E-state index contributed by atoms with van der Waals surface area (Å²) in [5.74, 6) is -0.0935. The normalized spacial score (nSPS) is 10.6. The molecule has 2 heterocycles. The molecule has 2 aromatic heterocycles. The van der Waals surface area contributed by atoms with Crippen molar-refractivity contribution in [2.24, 2.45) is 0 Å². The van der Waals surface area contributed by atoms with E-state index in [0.29, 0.717) is 11.3 Å². The minimum Gasteiger partial charge on any atom is -0.508 e. The Morgan fingerprint density at radius 2 is 2.09 bits per heavy atom. The minimum atomic E-state index is -0.287. The number of rotatable bonds is 3. The number of pyridine rings is 1. The number of carbonyl (C=O) groups excluding carboxylic acids is 1. The molecule has 110 valence electrons. The molecule has 0 saturated heterocycles. The first-order valence-electron chi connectivity index (χ1n) is 6.66. The van der Waals surface area contributed by atoms with Gasteiger partial charge in [0.1, 0.15) is 5.75 Å². The summed E-state index contributed by atoms with van der Waals surface area (Å²) in [6, 6.07) is 8.53. The van der Waals surface area contributed by atoms with Gasteiger partial charge < -0.3 is 10.4 Å². The highest BCUT2D eigenvalue weighted by Crippen LogP contribution is 2.23. The molecule has 6 nitrogen and oxygen atoms in total. The maximum absolute atomic E-state index is 11.4. The zero-order valence-corrected chi connectivity index (χ0v) is 11.9. The summed E-state index contributed by atoms with van der Waals surface area (Å²) >= 11 is 0. The Labute approximate surface area is 126 Å². The molecule has 0 fully saturated rings. The van der Waals surface area contributed by atoms with Gasteiger partial charge in [0.05, 0.1) is 23.3 Å². The SMILES string of the molecule is C=CC(=O)Nc1cnc2c(c1)c(C)nn2-c1ccc(O)cc1. The fraction of sp³-hybridized carbons (Fsp3) is 0.0625. The molecule has 0 atom stereocenters. The topological polar surface area (TPSA) is 80.0 Å². The average Bonchev–Trinajstić information content (AvgIpc) is 2.85. The van der Waals surface area contributed by atoms with Crippen LogP contribution in [0.25, 0.3) is 16.7 Å². The van der Waals surface area contributed by atoms with E-state index in [-0.39, 0.29) is 11.7 Å². The predicted molar refractivity (Wildman–Crippen MR) is 84.1 cm³/mol. The lowest BCUT2D eigenvalue weighted by molar-refractivity contribution is -0.111. The van der Waals surface area contributed by atoms with E-state index in [1.807, 2.05) is 13.0 Å². The monoisotopic (exact) mass is 294 g/mol. The summed E-state index contributed by atoms with van der Waals surface area (Å²) in [4.78, 5) is 15.7. The molecule has 1 aromatic carbocycles. The van der Waals surface area contributed by atoms with Crippen LogP contribution >= 0.6 is 0 Å². The number of aromatic hydroxyl groups is 1. The number of phenols is 1. The van der Waals surface area contributed by atoms with E-state index in [2.05, 4.69) is 22.0 Å². The van der Waals surface area contributed by atoms with Gasteiger partial charge in [-0.25, -0.2) is 9.67 Å². The van der Waals surface area contributed by atoms with E-state index < -0.39 is 0 Å². The van der Waals surface area contributed by atoms with Gasteiger partial charge in [0, 0.05) is 5.39 Å². The van der Waals surface area contributed by atoms with Crippen molar-refractivity contribution >= 4 is 22.6 Å². The van der Waals surface area contributed by atoms with Crippen molar-refractivity contribution in [3.8, 4) is 11.4 Å². The van der Waals surface area contributed by atoms with Crippen LogP contribution in [-0.4, -0.2) is 25.8 Å². The fourth-order valence-corrected chi connectivity index (χ4v) is 2.18. The number of aromatic nitrogens is 3. The Morgan fingerprint density at radius 3 is 2.77 bits per heavy atom. The van der Waals surface area contributed by atoms with Gasteiger partial charge in [0.2, 0.25) is 5.91 Å². The Hall–Kier alpha value is -3.15. The van der Waals surface area contributed by atoms with Crippen LogP contribution in [0, 0.1) is 6.92 Å². The summed E-state index contributed by atoms with van der Waals surface area (Å²) in [6.45, 7) is 5.29. The predicted octanol–water partition coefficient (Wildman–Crippen LogP) is 2.56. The molecule has 3 aromatic rings. The molecule has 0 bridgehead atoms. The molecule has 0 aliphatic heterocycles. The highest BCUT2D eigenvalue weighted by molar-refractivity contribution is 6.00. The van der Waals surface area contributed by atoms with E-state index in [1.165, 1.54) is 6.08 Å². The third-order valence-corrected chi connectivity index (χ3v) is 3.25. The van der Waals surface area contributed by atoms with E-state index in [0.717, 1.165) is 16.8 Å². The Kier molecular flexibility index (Phi) is 3.34. The number of benzene rings is 1. The first-order chi connectivity index (χ1) is 10.6. The molecule has 1 amide bonds. The minimum absolute atomic E-state index is 0.194. The van der Waals surface area contributed by atoms with Crippen LogP contribution in [0.1, 0.15) is 5.69 Å². The Bertz CT molecular complexity index is 866. The summed E-state index contributed by atoms with van der Waals surface area (Å²) in [5.41, 5.74) is 2.86. The van der Waals surface area contributed by atoms with Gasteiger partial charge in [-0.1, -0.05) is 6.58 Å². The maximum Gasteiger partial charge on any atom is 0.247 e. The van der Waals surface area contributed by atoms with Crippen molar-refractivity contribution < 1.29 is 9.90 Å². The molecule has 22 heavy (non-hydrogen) atoms. The summed E-state index contributed by atoms with van der Waals surface area (Å²) in [5, 5.41) is 17.4. The third-order valence-electron chi connectivity index (χ3n) is 3.25. The zero-order valence-electron chi connectivity index (χ0n) is 11.9. The molecule has 0 aliphatic rings. The lowest BCUT2D eigenvalue weighted by Gasteiger charge is -2.04. The smallest absolute Gasteiger partial charge is 0.247 e. The molecule has 0 radical (unpaired) electrons. The van der Waals surface area contributed by atoms with Gasteiger partial charge in [-0.2, -0.15) is 5.10 Å². The number of amides is 1. The number of nitrogens with one attached hydrogen (secondary N) is 1. The number of aryl methyl sites for hydroxylation is 1. The average molecular weight is 294 g/mol. The summed E-state index contributed by atoms with van der Waals surface area (Å²) in [7, 11) is 0. The van der Waals surface area contributed by atoms with Crippen molar-refractivity contribution in [1.82, 2.24) is 14.8 Å². The fourth-order valence-electron chi connectivity index (χ4n) is 2.18. The Morgan fingerprint density at radius 1 is 1.36 bits per heavy atom. The van der Waals surface area contributed by atoms with Crippen molar-refractivity contribution in [2.75, 3.05) is 5.32 Å². The van der Waals surface area contributed by atoms with E-state index in [9.17, 15) is 9.90 Å². The highest BCUT2D eigenvalue weighted by atomic mass is 16.3. The number of anilines is 1. The van der Waals surface area contributed by atoms with Gasteiger partial charge in [0.15, 0.2) is 5.65 Å². The lowest BCUT2D eigenvalue weighted by Crippen LogP contribution is -2.07. The molecule has 3 rings (SSSR count). The number of hydrogen-bond acceptors (Lipinski definition) is 4. The second-order valence-corrected chi connectivity index (χ2v) is 4.80. The molecular formula is C16H14N4O2. The zero-order chi connectivity index (χ0) is 15.7. The quantitative estimate of drug-likeness (QED) is 0.727. The van der Waals surface area contributed by atoms with E-state index in [1.54, 1.807) is 35.1 Å². The third kappa shape index (κ3) is 2.42. The second-order valence-electron chi connectivity index (χ2n) is 4.80. The molecule has 2 N–H and O–H groups in total. The van der Waals surface area contributed by atoms with E-state index >= 15 is 0 Å². The first-order valence-corrected chi connectivity index (χ1v) is 6.66. The van der Waals surface area contributed by atoms with Crippen LogP contribution in [0.3, 0.4) is 0 Å². The molecule has 0 unspecified atom stereocenters. The number of fused-ring (bicyclic) bond motifs is 1. The summed E-state index contributed by atoms with van der Waals surface area (Å²) < 4.78 is 1.70. The van der Waals surface area contributed by atoms with Crippen LogP contribution in [0.15, 0.2) is 49.2 Å². The van der Waals surface area contributed by atoms with Crippen molar-refractivity contribution in [1.29, 1.82) is 0 Å². The van der Waals surface area contributed by atoms with Crippen molar-refractivity contribution in [2.45, 2.75) is 6.92 Å². The van der Waals surface area contributed by atoms with Crippen LogP contribution in [0.2, 0.25) is 0 Å². The van der Waals surface area contributed by atoms with Crippen LogP contribution in [0.4, 0.5) is 5.69 Å². The Balaban J connectivity index is 2.09. The molecular weight excluding hydrogens is 280 g/mol. The van der Waals surface area contributed by atoms with E-state index in [4.69, 9.17) is 0 Å². The van der Waals surface area contributed by atoms with Crippen LogP contribution in [-0.2, 0) is 4.79 Å². The second kappa shape index (κ2) is 5.33. The van der Waals surface area contributed by atoms with Crippen LogP contribution < -0.4 is 5.32 Å². The van der Waals surface area contributed by atoms with Crippen molar-refractivity contribution in [3.63, 3.8) is 0 Å². The van der Waals surface area contributed by atoms with Gasteiger partial charge in [-0.15, -0.1) is 0 Å². The van der Waals surface area contributed by atoms with Gasteiger partial charge in [-0.05, 0) is 43.3 Å². The maximum atomic E-state index is 11.4. The molecule has 0 saturated carbocycles. The van der Waals surface area contributed by atoms with Crippen LogP contribution in [0.5, 0.6) is 5.75 Å². The number of carbonyl (C=O) groups is 1. The van der Waals surface area contributed by atoms with Crippen molar-refractivity contribution in [3.05, 3.63) is 54.9 Å². The van der Waals surface area contributed by atoms with Gasteiger partial charge in [-0.3, -0.25) is 4.79 Å². The molecule has 6 heteroatoms. The van der Waals surface area contributed by atoms with Gasteiger partial charge in [0.25, 0.3) is 0 Å². The number of nitrogens with zero attached hydrogens (tertiary/aromatic N) is 3.